The third-order valence-corrected chi connectivity index (χ3v) is 4.10. The Morgan fingerprint density at radius 3 is 3.06 bits per heavy atom. The Morgan fingerprint density at radius 2 is 2.31 bits per heavy atom. The molecule has 16 heavy (non-hydrogen) atoms. The molecular weight excluding hydrogens is 240 g/mol. The molecule has 1 aliphatic heterocycles. The highest BCUT2D eigenvalue weighted by Gasteiger charge is 2.17. The van der Waals surface area contributed by atoms with Crippen LogP contribution in [-0.2, 0) is 0 Å². The summed E-state index contributed by atoms with van der Waals surface area (Å²) in [7, 11) is 0. The summed E-state index contributed by atoms with van der Waals surface area (Å²) in [4.78, 5) is 7.97. The van der Waals surface area contributed by atoms with Crippen LogP contribution in [0.25, 0.3) is 10.9 Å². The topological polar surface area (TPSA) is 28.1 Å². The fraction of sp³-hybridized carbons (Fsp3) is 0.250. The standard InChI is InChI=1S/C12H11ClN2S/c1-7-6-16-12(14-7)11-5-8-4-9(13)2-3-10(8)15-11/h2-5,7,15H,6H2,1H3. The number of fused-ring (bicyclic) bond motifs is 1. The molecule has 1 aliphatic rings. The maximum atomic E-state index is 5.96. The van der Waals surface area contributed by atoms with Crippen LogP contribution < -0.4 is 0 Å². The number of aromatic amines is 1. The van der Waals surface area contributed by atoms with Gasteiger partial charge < -0.3 is 4.98 Å². The highest BCUT2D eigenvalue weighted by atomic mass is 35.5. The van der Waals surface area contributed by atoms with Gasteiger partial charge in [0.05, 0.1) is 11.7 Å². The van der Waals surface area contributed by atoms with Crippen LogP contribution in [0.3, 0.4) is 0 Å². The van der Waals surface area contributed by atoms with Crippen molar-refractivity contribution in [2.24, 2.45) is 4.99 Å². The Kier molecular flexibility index (Phi) is 2.45. The van der Waals surface area contributed by atoms with E-state index in [2.05, 4.69) is 23.0 Å². The van der Waals surface area contributed by atoms with E-state index in [1.165, 1.54) is 0 Å². The van der Waals surface area contributed by atoms with Crippen molar-refractivity contribution < 1.29 is 0 Å². The van der Waals surface area contributed by atoms with E-state index >= 15 is 0 Å². The van der Waals surface area contributed by atoms with Gasteiger partial charge in [-0.15, -0.1) is 11.8 Å². The van der Waals surface area contributed by atoms with Crippen LogP contribution in [0.15, 0.2) is 29.3 Å². The van der Waals surface area contributed by atoms with Crippen molar-refractivity contribution >= 4 is 39.3 Å². The van der Waals surface area contributed by atoms with E-state index in [0.717, 1.165) is 32.4 Å². The first-order chi connectivity index (χ1) is 7.72. The zero-order valence-electron chi connectivity index (χ0n) is 8.83. The van der Waals surface area contributed by atoms with Gasteiger partial charge in [0.2, 0.25) is 0 Å². The molecule has 0 saturated heterocycles. The summed E-state index contributed by atoms with van der Waals surface area (Å²) >= 11 is 7.77. The number of hydrogen-bond acceptors (Lipinski definition) is 2. The van der Waals surface area contributed by atoms with Crippen molar-refractivity contribution in [2.75, 3.05) is 5.75 Å². The zero-order chi connectivity index (χ0) is 11.1. The number of H-pyrrole nitrogens is 1. The van der Waals surface area contributed by atoms with Gasteiger partial charge in [0, 0.05) is 21.7 Å². The van der Waals surface area contributed by atoms with Gasteiger partial charge in [-0.05, 0) is 31.2 Å². The number of rotatable bonds is 1. The summed E-state index contributed by atoms with van der Waals surface area (Å²) in [6.07, 6.45) is 0. The molecule has 1 aromatic carbocycles. The molecule has 0 bridgehead atoms. The van der Waals surface area contributed by atoms with E-state index in [0.29, 0.717) is 6.04 Å². The summed E-state index contributed by atoms with van der Waals surface area (Å²) in [5.41, 5.74) is 2.22. The minimum absolute atomic E-state index is 0.426. The lowest BCUT2D eigenvalue weighted by molar-refractivity contribution is 0.865. The van der Waals surface area contributed by atoms with Crippen LogP contribution in [0, 0.1) is 0 Å². The van der Waals surface area contributed by atoms with Crippen LogP contribution >= 0.6 is 23.4 Å². The van der Waals surface area contributed by atoms with Gasteiger partial charge in [0.25, 0.3) is 0 Å². The molecule has 2 nitrogen and oxygen atoms in total. The summed E-state index contributed by atoms with van der Waals surface area (Å²) in [5, 5.41) is 3.03. The molecule has 1 unspecified atom stereocenters. The fourth-order valence-corrected chi connectivity index (χ4v) is 3.01. The minimum atomic E-state index is 0.426. The van der Waals surface area contributed by atoms with Crippen LogP contribution in [0.1, 0.15) is 12.6 Å². The number of aliphatic imine (C=N–C) groups is 1. The second-order valence-corrected chi connectivity index (χ2v) is 5.45. The lowest BCUT2D eigenvalue weighted by Crippen LogP contribution is -1.93. The van der Waals surface area contributed by atoms with Crippen molar-refractivity contribution in [3.8, 4) is 0 Å². The summed E-state index contributed by atoms with van der Waals surface area (Å²) in [5.74, 6) is 1.07. The third kappa shape index (κ3) is 1.74. The average molecular weight is 251 g/mol. The molecule has 82 valence electrons. The lowest BCUT2D eigenvalue weighted by atomic mass is 10.2. The molecule has 1 atom stereocenters. The van der Waals surface area contributed by atoms with Gasteiger partial charge in [0.1, 0.15) is 5.04 Å². The van der Waals surface area contributed by atoms with Gasteiger partial charge in [-0.2, -0.15) is 0 Å². The normalized spacial score (nSPS) is 20.4. The third-order valence-electron chi connectivity index (χ3n) is 2.61. The largest absolute Gasteiger partial charge is 0.353 e. The molecule has 0 fully saturated rings. The van der Waals surface area contributed by atoms with Crippen LogP contribution in [0.2, 0.25) is 5.02 Å². The van der Waals surface area contributed by atoms with Gasteiger partial charge in [0.15, 0.2) is 0 Å². The van der Waals surface area contributed by atoms with Gasteiger partial charge >= 0.3 is 0 Å². The minimum Gasteiger partial charge on any atom is -0.353 e. The molecule has 4 heteroatoms. The van der Waals surface area contributed by atoms with E-state index in [1.807, 2.05) is 30.0 Å². The summed E-state index contributed by atoms with van der Waals surface area (Å²) in [6.45, 7) is 2.14. The molecule has 1 N–H and O–H groups in total. The predicted octanol–water partition coefficient (Wildman–Crippen LogP) is 3.70. The molecule has 2 heterocycles. The Bertz CT molecular complexity index is 573. The van der Waals surface area contributed by atoms with E-state index in [4.69, 9.17) is 11.6 Å². The van der Waals surface area contributed by atoms with Gasteiger partial charge in [-0.1, -0.05) is 11.6 Å². The summed E-state index contributed by atoms with van der Waals surface area (Å²) < 4.78 is 0. The van der Waals surface area contributed by atoms with Crippen LogP contribution in [0.5, 0.6) is 0 Å². The van der Waals surface area contributed by atoms with Crippen molar-refractivity contribution in [2.45, 2.75) is 13.0 Å². The smallest absolute Gasteiger partial charge is 0.114 e. The molecule has 0 radical (unpaired) electrons. The van der Waals surface area contributed by atoms with Crippen LogP contribution in [-0.4, -0.2) is 21.8 Å². The lowest BCUT2D eigenvalue weighted by Gasteiger charge is -1.92. The number of aromatic nitrogens is 1. The Balaban J connectivity index is 2.09. The first kappa shape index (κ1) is 10.2. The fourth-order valence-electron chi connectivity index (χ4n) is 1.84. The quantitative estimate of drug-likeness (QED) is 0.821. The molecule has 0 aliphatic carbocycles. The molecule has 0 spiro atoms. The maximum absolute atomic E-state index is 5.96. The van der Waals surface area contributed by atoms with E-state index in [9.17, 15) is 0 Å². The molecule has 3 rings (SSSR count). The number of hydrogen-bond donors (Lipinski definition) is 1. The molecule has 0 amide bonds. The molecular formula is C12H11ClN2S. The second-order valence-electron chi connectivity index (χ2n) is 4.01. The molecule has 2 aromatic rings. The Hall–Kier alpha value is -0.930. The monoisotopic (exact) mass is 250 g/mol. The summed E-state index contributed by atoms with van der Waals surface area (Å²) in [6, 6.07) is 8.42. The highest BCUT2D eigenvalue weighted by Crippen LogP contribution is 2.26. The van der Waals surface area contributed by atoms with Crippen LogP contribution in [0.4, 0.5) is 0 Å². The van der Waals surface area contributed by atoms with Crippen molar-refractivity contribution in [3.63, 3.8) is 0 Å². The zero-order valence-corrected chi connectivity index (χ0v) is 10.4. The number of benzene rings is 1. The Labute approximate surface area is 103 Å². The van der Waals surface area contributed by atoms with Crippen molar-refractivity contribution in [1.29, 1.82) is 0 Å². The number of nitrogens with zero attached hydrogens (tertiary/aromatic N) is 1. The van der Waals surface area contributed by atoms with E-state index in [-0.39, 0.29) is 0 Å². The average Bonchev–Trinajstić information content (AvgIpc) is 2.83. The number of nitrogens with one attached hydrogen (secondary N) is 1. The van der Waals surface area contributed by atoms with Crippen molar-refractivity contribution in [3.05, 3.63) is 35.0 Å². The van der Waals surface area contributed by atoms with Crippen molar-refractivity contribution in [1.82, 2.24) is 4.98 Å². The second kappa shape index (κ2) is 3.82. The first-order valence-electron chi connectivity index (χ1n) is 5.21. The predicted molar refractivity (Wildman–Crippen MR) is 71.8 cm³/mol. The molecule has 0 saturated carbocycles. The van der Waals surface area contributed by atoms with Gasteiger partial charge in [-0.25, -0.2) is 0 Å². The van der Waals surface area contributed by atoms with E-state index < -0.39 is 0 Å². The van der Waals surface area contributed by atoms with E-state index in [1.54, 1.807) is 0 Å². The SMILES string of the molecule is CC1CSC(c2cc3cc(Cl)ccc3[nH]2)=N1. The number of halogens is 1. The first-order valence-corrected chi connectivity index (χ1v) is 6.58. The Morgan fingerprint density at radius 1 is 1.44 bits per heavy atom. The molecule has 1 aromatic heterocycles. The highest BCUT2D eigenvalue weighted by molar-refractivity contribution is 8.14. The number of thioether (sulfide) groups is 1. The maximum Gasteiger partial charge on any atom is 0.114 e. The van der Waals surface area contributed by atoms with Gasteiger partial charge in [-0.3, -0.25) is 4.99 Å².